The van der Waals surface area contributed by atoms with Crippen LogP contribution >= 0.6 is 0 Å². The van der Waals surface area contributed by atoms with E-state index in [1.807, 2.05) is 6.92 Å². The number of halogens is 1. The fourth-order valence-electron chi connectivity index (χ4n) is 2.72. The second-order valence-corrected chi connectivity index (χ2v) is 6.23. The molecule has 1 aromatic carbocycles. The number of nitrogens with zero attached hydrogens (tertiary/aromatic N) is 2. The molecule has 0 bridgehead atoms. The lowest BCUT2D eigenvalue weighted by molar-refractivity contribution is -0.128. The predicted octanol–water partition coefficient (Wildman–Crippen LogP) is 1.74. The van der Waals surface area contributed by atoms with Crippen LogP contribution in [0, 0.1) is 5.82 Å². The van der Waals surface area contributed by atoms with Crippen molar-refractivity contribution in [2.24, 2.45) is 0 Å². The molecule has 0 saturated carbocycles. The highest BCUT2D eigenvalue weighted by Gasteiger charge is 2.19. The van der Waals surface area contributed by atoms with E-state index in [1.54, 1.807) is 18.2 Å². The van der Waals surface area contributed by atoms with Gasteiger partial charge in [-0.05, 0) is 38.6 Å². The summed E-state index contributed by atoms with van der Waals surface area (Å²) in [4.78, 5) is 16.9. The van der Waals surface area contributed by atoms with Gasteiger partial charge in [0.05, 0.1) is 0 Å². The first-order valence-electron chi connectivity index (χ1n) is 8.70. The van der Waals surface area contributed by atoms with Crippen LogP contribution < -0.4 is 10.1 Å². The minimum atomic E-state index is -0.662. The summed E-state index contributed by atoms with van der Waals surface area (Å²) in [5, 5.41) is 2.90. The Morgan fingerprint density at radius 3 is 2.67 bits per heavy atom. The average Bonchev–Trinajstić information content (AvgIpc) is 2.59. The van der Waals surface area contributed by atoms with Crippen LogP contribution in [-0.4, -0.2) is 68.1 Å². The van der Waals surface area contributed by atoms with E-state index < -0.39 is 11.9 Å². The number of para-hydroxylation sites is 1. The van der Waals surface area contributed by atoms with E-state index in [9.17, 15) is 9.18 Å². The van der Waals surface area contributed by atoms with Crippen molar-refractivity contribution in [1.82, 2.24) is 15.1 Å². The molecule has 1 aliphatic heterocycles. The summed E-state index contributed by atoms with van der Waals surface area (Å²) < 4.78 is 19.1. The van der Waals surface area contributed by atoms with E-state index >= 15 is 0 Å². The fraction of sp³-hybridized carbons (Fsp3) is 0.611. The van der Waals surface area contributed by atoms with Crippen LogP contribution in [0.25, 0.3) is 0 Å². The molecule has 0 radical (unpaired) electrons. The summed E-state index contributed by atoms with van der Waals surface area (Å²) in [6.07, 6.45) is 0.745. The summed E-state index contributed by atoms with van der Waals surface area (Å²) in [6, 6.07) is 6.16. The maximum Gasteiger partial charge on any atom is 0.261 e. The predicted molar refractivity (Wildman–Crippen MR) is 92.7 cm³/mol. The maximum absolute atomic E-state index is 13.6. The molecule has 1 saturated heterocycles. The first-order chi connectivity index (χ1) is 11.6. The standard InChI is InChI=1S/C18H28FN3O2/c1-3-16(24-17-8-5-4-7-15(17)19)18(23)20-9-6-10-22-13-11-21(2)12-14-22/h4-5,7-8,16H,3,6,9-14H2,1-2H3,(H,20,23). The van der Waals surface area contributed by atoms with Crippen molar-refractivity contribution in [3.63, 3.8) is 0 Å². The molecule has 1 aliphatic rings. The Bertz CT molecular complexity index is 519. The normalized spacial score (nSPS) is 17.5. The van der Waals surface area contributed by atoms with E-state index in [0.717, 1.165) is 39.1 Å². The smallest absolute Gasteiger partial charge is 0.261 e. The number of carbonyl (C=O) groups is 1. The molecule has 0 aromatic heterocycles. The van der Waals surface area contributed by atoms with Crippen molar-refractivity contribution in [3.8, 4) is 5.75 Å². The molecule has 1 unspecified atom stereocenters. The lowest BCUT2D eigenvalue weighted by atomic mass is 10.2. The number of nitrogens with one attached hydrogen (secondary N) is 1. The number of ether oxygens (including phenoxy) is 1. The number of amides is 1. The van der Waals surface area contributed by atoms with Crippen LogP contribution in [0.15, 0.2) is 24.3 Å². The highest BCUT2D eigenvalue weighted by Crippen LogP contribution is 2.18. The number of rotatable bonds is 8. The van der Waals surface area contributed by atoms with Gasteiger partial charge in [-0.25, -0.2) is 4.39 Å². The topological polar surface area (TPSA) is 44.8 Å². The van der Waals surface area contributed by atoms with Gasteiger partial charge in [-0.2, -0.15) is 0 Å². The summed E-state index contributed by atoms with van der Waals surface area (Å²) in [7, 11) is 2.14. The highest BCUT2D eigenvalue weighted by atomic mass is 19.1. The zero-order valence-electron chi connectivity index (χ0n) is 14.6. The largest absolute Gasteiger partial charge is 0.478 e. The lowest BCUT2D eigenvalue weighted by Crippen LogP contribution is -2.45. The first-order valence-corrected chi connectivity index (χ1v) is 8.70. The molecule has 1 aromatic rings. The molecule has 6 heteroatoms. The molecule has 0 spiro atoms. The summed E-state index contributed by atoms with van der Waals surface area (Å²) in [5.41, 5.74) is 0. The van der Waals surface area contributed by atoms with Crippen LogP contribution in [-0.2, 0) is 4.79 Å². The second kappa shape index (κ2) is 9.59. The Morgan fingerprint density at radius 1 is 1.29 bits per heavy atom. The molecule has 5 nitrogen and oxygen atoms in total. The van der Waals surface area contributed by atoms with Crippen LogP contribution in [0.4, 0.5) is 4.39 Å². The Balaban J connectivity index is 1.69. The van der Waals surface area contributed by atoms with Crippen LogP contribution in [0.1, 0.15) is 19.8 Å². The van der Waals surface area contributed by atoms with Crippen molar-refractivity contribution < 1.29 is 13.9 Å². The Morgan fingerprint density at radius 2 is 2.00 bits per heavy atom. The summed E-state index contributed by atoms with van der Waals surface area (Å²) in [5.74, 6) is -0.505. The molecule has 0 aliphatic carbocycles. The van der Waals surface area contributed by atoms with Gasteiger partial charge in [-0.3, -0.25) is 4.79 Å². The molecule has 2 rings (SSSR count). The monoisotopic (exact) mass is 337 g/mol. The number of benzene rings is 1. The maximum atomic E-state index is 13.6. The number of piperazine rings is 1. The molecular weight excluding hydrogens is 309 g/mol. The quantitative estimate of drug-likeness (QED) is 0.734. The molecule has 1 heterocycles. The van der Waals surface area contributed by atoms with E-state index in [0.29, 0.717) is 13.0 Å². The number of hydrogen-bond acceptors (Lipinski definition) is 4. The third-order valence-electron chi connectivity index (χ3n) is 4.32. The molecule has 1 amide bonds. The molecule has 1 N–H and O–H groups in total. The van der Waals surface area contributed by atoms with E-state index in [1.165, 1.54) is 6.07 Å². The second-order valence-electron chi connectivity index (χ2n) is 6.23. The van der Waals surface area contributed by atoms with Gasteiger partial charge in [-0.1, -0.05) is 19.1 Å². The van der Waals surface area contributed by atoms with Gasteiger partial charge in [0.2, 0.25) is 0 Å². The van der Waals surface area contributed by atoms with E-state index in [-0.39, 0.29) is 11.7 Å². The molecule has 1 atom stereocenters. The van der Waals surface area contributed by atoms with Crippen LogP contribution in [0.2, 0.25) is 0 Å². The van der Waals surface area contributed by atoms with Gasteiger partial charge in [0.15, 0.2) is 17.7 Å². The van der Waals surface area contributed by atoms with Crippen molar-refractivity contribution in [3.05, 3.63) is 30.1 Å². The SMILES string of the molecule is CCC(Oc1ccccc1F)C(=O)NCCCN1CCN(C)CC1. The molecular formula is C18H28FN3O2. The number of carbonyl (C=O) groups excluding carboxylic acids is 1. The van der Waals surface area contributed by atoms with Crippen molar-refractivity contribution in [1.29, 1.82) is 0 Å². The van der Waals surface area contributed by atoms with Gasteiger partial charge in [0, 0.05) is 32.7 Å². The zero-order chi connectivity index (χ0) is 17.4. The van der Waals surface area contributed by atoms with Gasteiger partial charge >= 0.3 is 0 Å². The third kappa shape index (κ3) is 5.76. The van der Waals surface area contributed by atoms with Crippen LogP contribution in [0.5, 0.6) is 5.75 Å². The Labute approximate surface area is 143 Å². The number of likely N-dealkylation sites (N-methyl/N-ethyl adjacent to an activating group) is 1. The van der Waals surface area contributed by atoms with Gasteiger partial charge in [0.25, 0.3) is 5.91 Å². The third-order valence-corrected chi connectivity index (χ3v) is 4.32. The number of hydrogen-bond donors (Lipinski definition) is 1. The molecule has 1 fully saturated rings. The van der Waals surface area contributed by atoms with E-state index in [2.05, 4.69) is 22.2 Å². The summed E-state index contributed by atoms with van der Waals surface area (Å²) in [6.45, 7) is 7.81. The lowest BCUT2D eigenvalue weighted by Gasteiger charge is -2.32. The Hall–Kier alpha value is -1.66. The Kier molecular flexibility index (Phi) is 7.46. The van der Waals surface area contributed by atoms with Crippen molar-refractivity contribution in [2.45, 2.75) is 25.9 Å². The van der Waals surface area contributed by atoms with Crippen molar-refractivity contribution in [2.75, 3.05) is 46.3 Å². The van der Waals surface area contributed by atoms with Crippen molar-refractivity contribution >= 4 is 5.91 Å². The van der Waals surface area contributed by atoms with Gasteiger partial charge in [-0.15, -0.1) is 0 Å². The minimum absolute atomic E-state index is 0.122. The molecule has 24 heavy (non-hydrogen) atoms. The first kappa shape index (κ1) is 18.7. The fourth-order valence-corrected chi connectivity index (χ4v) is 2.72. The highest BCUT2D eigenvalue weighted by molar-refractivity contribution is 5.81. The molecule has 134 valence electrons. The summed E-state index contributed by atoms with van der Waals surface area (Å²) >= 11 is 0. The zero-order valence-corrected chi connectivity index (χ0v) is 14.6. The van der Waals surface area contributed by atoms with Gasteiger partial charge < -0.3 is 19.9 Å². The van der Waals surface area contributed by atoms with Gasteiger partial charge in [0.1, 0.15) is 0 Å². The van der Waals surface area contributed by atoms with Crippen LogP contribution in [0.3, 0.4) is 0 Å². The minimum Gasteiger partial charge on any atom is -0.478 e. The average molecular weight is 337 g/mol. The van der Waals surface area contributed by atoms with E-state index in [4.69, 9.17) is 4.74 Å².